The molecular weight excluding hydrogens is 272 g/mol. The predicted molar refractivity (Wildman–Crippen MR) is 76.7 cm³/mol. The zero-order valence-electron chi connectivity index (χ0n) is 12.5. The smallest absolute Gasteiger partial charge is 0.273 e. The Labute approximate surface area is 123 Å². The number of hydrogen-bond donors (Lipinski definition) is 1. The van der Waals surface area contributed by atoms with Gasteiger partial charge in [0, 0.05) is 17.7 Å². The second kappa shape index (κ2) is 6.30. The van der Waals surface area contributed by atoms with Gasteiger partial charge in [-0.1, -0.05) is 5.16 Å². The molecule has 112 valence electrons. The van der Waals surface area contributed by atoms with Crippen molar-refractivity contribution in [3.8, 4) is 11.5 Å². The topological polar surface area (TPSA) is 73.6 Å². The number of aryl methyl sites for hydroxylation is 1. The minimum atomic E-state index is -0.294. The Bertz CT molecular complexity index is 636. The number of benzene rings is 1. The third kappa shape index (κ3) is 3.34. The Kier molecular flexibility index (Phi) is 4.47. The van der Waals surface area contributed by atoms with Crippen LogP contribution < -0.4 is 14.8 Å². The third-order valence-electron chi connectivity index (χ3n) is 3.12. The highest BCUT2D eigenvalue weighted by molar-refractivity contribution is 5.92. The van der Waals surface area contributed by atoms with E-state index in [1.165, 1.54) is 0 Å². The molecule has 0 spiro atoms. The number of aromatic nitrogens is 1. The van der Waals surface area contributed by atoms with Gasteiger partial charge < -0.3 is 19.3 Å². The average molecular weight is 290 g/mol. The Morgan fingerprint density at radius 1 is 1.29 bits per heavy atom. The van der Waals surface area contributed by atoms with E-state index in [2.05, 4.69) is 10.5 Å². The largest absolute Gasteiger partial charge is 0.497 e. The van der Waals surface area contributed by atoms with E-state index < -0.39 is 0 Å². The number of rotatable bonds is 5. The van der Waals surface area contributed by atoms with Crippen molar-refractivity contribution in [3.05, 3.63) is 41.3 Å². The van der Waals surface area contributed by atoms with Crippen molar-refractivity contribution in [1.29, 1.82) is 0 Å². The Balaban J connectivity index is 2.16. The van der Waals surface area contributed by atoms with Gasteiger partial charge in [-0.3, -0.25) is 4.79 Å². The number of nitrogens with one attached hydrogen (secondary N) is 1. The number of nitrogens with zero attached hydrogens (tertiary/aromatic N) is 1. The van der Waals surface area contributed by atoms with E-state index >= 15 is 0 Å². The van der Waals surface area contributed by atoms with E-state index in [1.54, 1.807) is 33.3 Å². The lowest BCUT2D eigenvalue weighted by Gasteiger charge is -2.17. The molecule has 2 rings (SSSR count). The maximum absolute atomic E-state index is 12.1. The normalized spacial score (nSPS) is 11.8. The molecule has 0 saturated carbocycles. The van der Waals surface area contributed by atoms with Crippen molar-refractivity contribution in [2.24, 2.45) is 0 Å². The summed E-state index contributed by atoms with van der Waals surface area (Å²) in [6.45, 7) is 3.61. The summed E-state index contributed by atoms with van der Waals surface area (Å²) in [5, 5.41) is 6.55. The molecule has 0 unspecified atom stereocenters. The molecule has 0 radical (unpaired) electrons. The molecule has 1 amide bonds. The molecule has 0 saturated heterocycles. The van der Waals surface area contributed by atoms with Gasteiger partial charge in [-0.2, -0.15) is 0 Å². The second-order valence-corrected chi connectivity index (χ2v) is 4.63. The number of carbonyl (C=O) groups excluding carboxylic acids is 1. The Morgan fingerprint density at radius 3 is 2.62 bits per heavy atom. The third-order valence-corrected chi connectivity index (χ3v) is 3.12. The monoisotopic (exact) mass is 290 g/mol. The van der Waals surface area contributed by atoms with Gasteiger partial charge in [-0.05, 0) is 26.0 Å². The molecular formula is C15H18N2O4. The molecule has 2 aromatic rings. The zero-order valence-corrected chi connectivity index (χ0v) is 12.5. The van der Waals surface area contributed by atoms with Gasteiger partial charge in [0.15, 0.2) is 5.69 Å². The van der Waals surface area contributed by atoms with E-state index in [0.717, 1.165) is 5.56 Å². The highest BCUT2D eigenvalue weighted by Gasteiger charge is 2.18. The Morgan fingerprint density at radius 2 is 2.05 bits per heavy atom. The van der Waals surface area contributed by atoms with Crippen molar-refractivity contribution in [1.82, 2.24) is 10.5 Å². The first-order valence-electron chi connectivity index (χ1n) is 6.51. The standard InChI is InChI=1S/C15H18N2O4/c1-9-7-13(17-21-9)15(18)16-10(2)12-6-5-11(19-3)8-14(12)20-4/h5-8,10H,1-4H3,(H,16,18)/t10-/m0/s1. The van der Waals surface area contributed by atoms with Crippen LogP contribution in [0.15, 0.2) is 28.8 Å². The number of methoxy groups -OCH3 is 2. The van der Waals surface area contributed by atoms with Crippen LogP contribution in [0.4, 0.5) is 0 Å². The van der Waals surface area contributed by atoms with Gasteiger partial charge in [-0.15, -0.1) is 0 Å². The summed E-state index contributed by atoms with van der Waals surface area (Å²) in [4.78, 5) is 12.1. The van der Waals surface area contributed by atoms with Crippen LogP contribution in [0.1, 0.15) is 34.8 Å². The zero-order chi connectivity index (χ0) is 15.4. The van der Waals surface area contributed by atoms with Crippen molar-refractivity contribution in [3.63, 3.8) is 0 Å². The van der Waals surface area contributed by atoms with Gasteiger partial charge in [0.1, 0.15) is 17.3 Å². The fourth-order valence-electron chi connectivity index (χ4n) is 2.00. The lowest BCUT2D eigenvalue weighted by atomic mass is 10.1. The number of amides is 1. The van der Waals surface area contributed by atoms with Crippen LogP contribution in [0.2, 0.25) is 0 Å². The highest BCUT2D eigenvalue weighted by atomic mass is 16.5. The molecule has 1 aromatic heterocycles. The first-order chi connectivity index (χ1) is 10.0. The lowest BCUT2D eigenvalue weighted by molar-refractivity contribution is 0.0930. The molecule has 6 heteroatoms. The molecule has 1 N–H and O–H groups in total. The van der Waals surface area contributed by atoms with Crippen LogP contribution in [0.5, 0.6) is 11.5 Å². The van der Waals surface area contributed by atoms with Crippen LogP contribution in [-0.4, -0.2) is 25.3 Å². The summed E-state index contributed by atoms with van der Waals surface area (Å²) in [6, 6.07) is 6.80. The van der Waals surface area contributed by atoms with Crippen molar-refractivity contribution in [2.75, 3.05) is 14.2 Å². The molecule has 21 heavy (non-hydrogen) atoms. The highest BCUT2D eigenvalue weighted by Crippen LogP contribution is 2.29. The van der Waals surface area contributed by atoms with Crippen LogP contribution in [0, 0.1) is 6.92 Å². The van der Waals surface area contributed by atoms with Crippen molar-refractivity contribution in [2.45, 2.75) is 19.9 Å². The van der Waals surface area contributed by atoms with Crippen molar-refractivity contribution < 1.29 is 18.8 Å². The van der Waals surface area contributed by atoms with Gasteiger partial charge in [0.2, 0.25) is 0 Å². The SMILES string of the molecule is COc1ccc([C@H](C)NC(=O)c2cc(C)on2)c(OC)c1. The molecule has 1 heterocycles. The number of ether oxygens (including phenoxy) is 2. The summed E-state index contributed by atoms with van der Waals surface area (Å²) >= 11 is 0. The summed E-state index contributed by atoms with van der Waals surface area (Å²) in [7, 11) is 3.17. The predicted octanol–water partition coefficient (Wildman–Crippen LogP) is 2.49. The first kappa shape index (κ1) is 14.9. The van der Waals surface area contributed by atoms with Crippen LogP contribution in [0.3, 0.4) is 0 Å². The fourth-order valence-corrected chi connectivity index (χ4v) is 2.00. The summed E-state index contributed by atoms with van der Waals surface area (Å²) < 4.78 is 15.4. The number of hydrogen-bond acceptors (Lipinski definition) is 5. The van der Waals surface area contributed by atoms with Gasteiger partial charge in [0.05, 0.1) is 20.3 Å². The summed E-state index contributed by atoms with van der Waals surface area (Å²) in [5.41, 5.74) is 1.11. The second-order valence-electron chi connectivity index (χ2n) is 4.63. The maximum atomic E-state index is 12.1. The molecule has 1 atom stereocenters. The van der Waals surface area contributed by atoms with Gasteiger partial charge in [0.25, 0.3) is 5.91 Å². The van der Waals surface area contributed by atoms with Crippen LogP contribution in [-0.2, 0) is 0 Å². The maximum Gasteiger partial charge on any atom is 0.273 e. The molecule has 0 aliphatic heterocycles. The van der Waals surface area contributed by atoms with E-state index in [-0.39, 0.29) is 17.6 Å². The molecule has 0 aliphatic carbocycles. The summed E-state index contributed by atoms with van der Waals surface area (Å²) in [6.07, 6.45) is 0. The molecule has 6 nitrogen and oxygen atoms in total. The minimum Gasteiger partial charge on any atom is -0.497 e. The van der Waals surface area contributed by atoms with Gasteiger partial charge in [-0.25, -0.2) is 0 Å². The molecule has 0 aliphatic rings. The van der Waals surface area contributed by atoms with E-state index in [0.29, 0.717) is 17.3 Å². The van der Waals surface area contributed by atoms with E-state index in [1.807, 2.05) is 19.1 Å². The quantitative estimate of drug-likeness (QED) is 0.915. The minimum absolute atomic E-state index is 0.240. The Hall–Kier alpha value is -2.50. The molecule has 1 aromatic carbocycles. The summed E-state index contributed by atoms with van der Waals surface area (Å²) in [5.74, 6) is 1.65. The molecule has 0 fully saturated rings. The van der Waals surface area contributed by atoms with E-state index in [4.69, 9.17) is 14.0 Å². The first-order valence-corrected chi connectivity index (χ1v) is 6.51. The van der Waals surface area contributed by atoms with Crippen LogP contribution in [0.25, 0.3) is 0 Å². The number of carbonyl (C=O) groups is 1. The molecule has 0 bridgehead atoms. The van der Waals surface area contributed by atoms with Gasteiger partial charge >= 0.3 is 0 Å². The fraction of sp³-hybridized carbons (Fsp3) is 0.333. The van der Waals surface area contributed by atoms with Crippen molar-refractivity contribution >= 4 is 5.91 Å². The average Bonchev–Trinajstić information content (AvgIpc) is 2.93. The van der Waals surface area contributed by atoms with E-state index in [9.17, 15) is 4.79 Å². The van der Waals surface area contributed by atoms with Crippen LogP contribution >= 0.6 is 0 Å². The lowest BCUT2D eigenvalue weighted by Crippen LogP contribution is -2.27.